The highest BCUT2D eigenvalue weighted by Gasteiger charge is 2.35. The summed E-state index contributed by atoms with van der Waals surface area (Å²) in [5.41, 5.74) is 5.95. The van der Waals surface area contributed by atoms with E-state index in [1.807, 2.05) is 4.90 Å². The van der Waals surface area contributed by atoms with Crippen molar-refractivity contribution in [3.05, 3.63) is 0 Å². The van der Waals surface area contributed by atoms with Crippen molar-refractivity contribution in [3.63, 3.8) is 0 Å². The number of amides is 1. The third-order valence-electron chi connectivity index (χ3n) is 4.66. The third-order valence-corrected chi connectivity index (χ3v) is 4.66. The Kier molecular flexibility index (Phi) is 4.55. The van der Waals surface area contributed by atoms with Crippen molar-refractivity contribution in [1.82, 2.24) is 9.80 Å². The lowest BCUT2D eigenvalue weighted by molar-refractivity contribution is -0.157. The first-order valence-corrected chi connectivity index (χ1v) is 7.72. The summed E-state index contributed by atoms with van der Waals surface area (Å²) in [5.74, 6) is 0.0981. The summed E-state index contributed by atoms with van der Waals surface area (Å²) in [6.45, 7) is 5.32. The van der Waals surface area contributed by atoms with Gasteiger partial charge in [-0.1, -0.05) is 0 Å². The molecule has 3 heterocycles. The largest absolute Gasteiger partial charge is 0.376 e. The summed E-state index contributed by atoms with van der Waals surface area (Å²) in [7, 11) is 0. The fourth-order valence-corrected chi connectivity index (χ4v) is 3.36. The zero-order valence-electron chi connectivity index (χ0n) is 12.0. The van der Waals surface area contributed by atoms with Crippen LogP contribution in [-0.2, 0) is 14.3 Å². The van der Waals surface area contributed by atoms with E-state index < -0.39 is 6.10 Å². The van der Waals surface area contributed by atoms with Crippen molar-refractivity contribution in [2.24, 2.45) is 5.73 Å². The molecule has 2 atom stereocenters. The molecule has 6 heteroatoms. The summed E-state index contributed by atoms with van der Waals surface area (Å²) in [6, 6.07) is 0.856. The molecule has 0 aromatic rings. The van der Waals surface area contributed by atoms with Crippen LogP contribution in [0.1, 0.15) is 19.3 Å². The van der Waals surface area contributed by atoms with Crippen LogP contribution in [0.25, 0.3) is 0 Å². The standard InChI is InChI=1S/C14H25N3O3/c15-11-1-4-16(5-2-11)12-3-6-17(9-12)14(18)13-10-19-7-8-20-13/h11-13H,1-10,15H2. The van der Waals surface area contributed by atoms with Crippen LogP contribution in [0.4, 0.5) is 0 Å². The molecule has 1 amide bonds. The van der Waals surface area contributed by atoms with Gasteiger partial charge in [0.25, 0.3) is 5.91 Å². The van der Waals surface area contributed by atoms with Crippen molar-refractivity contribution in [1.29, 1.82) is 0 Å². The summed E-state index contributed by atoms with van der Waals surface area (Å²) >= 11 is 0. The lowest BCUT2D eigenvalue weighted by Crippen LogP contribution is -2.48. The number of nitrogens with zero attached hydrogens (tertiary/aromatic N) is 2. The maximum absolute atomic E-state index is 12.4. The van der Waals surface area contributed by atoms with E-state index in [0.29, 0.717) is 31.9 Å². The normalized spacial score (nSPS) is 33.5. The molecule has 0 saturated carbocycles. The lowest BCUT2D eigenvalue weighted by Gasteiger charge is -2.35. The van der Waals surface area contributed by atoms with Crippen LogP contribution in [0.15, 0.2) is 0 Å². The second kappa shape index (κ2) is 6.39. The molecule has 114 valence electrons. The molecular weight excluding hydrogens is 258 g/mol. The third kappa shape index (κ3) is 3.14. The molecule has 0 spiro atoms. The molecular formula is C14H25N3O3. The topological polar surface area (TPSA) is 68.0 Å². The highest BCUT2D eigenvalue weighted by atomic mass is 16.6. The van der Waals surface area contributed by atoms with Gasteiger partial charge in [-0.15, -0.1) is 0 Å². The average molecular weight is 283 g/mol. The van der Waals surface area contributed by atoms with E-state index in [-0.39, 0.29) is 5.91 Å². The van der Waals surface area contributed by atoms with Crippen LogP contribution in [0.5, 0.6) is 0 Å². The van der Waals surface area contributed by atoms with Gasteiger partial charge in [-0.2, -0.15) is 0 Å². The fourth-order valence-electron chi connectivity index (χ4n) is 3.36. The number of piperidine rings is 1. The molecule has 3 aliphatic rings. The molecule has 3 rings (SSSR count). The minimum atomic E-state index is -0.391. The van der Waals surface area contributed by atoms with Crippen LogP contribution in [0, 0.1) is 0 Å². The summed E-state index contributed by atoms with van der Waals surface area (Å²) in [6.07, 6.45) is 2.82. The molecule has 6 nitrogen and oxygen atoms in total. The number of ether oxygens (including phenoxy) is 2. The molecule has 3 aliphatic heterocycles. The van der Waals surface area contributed by atoms with Gasteiger partial charge in [0.05, 0.1) is 19.8 Å². The van der Waals surface area contributed by atoms with E-state index in [0.717, 1.165) is 45.4 Å². The highest BCUT2D eigenvalue weighted by Crippen LogP contribution is 2.21. The van der Waals surface area contributed by atoms with Crippen LogP contribution >= 0.6 is 0 Å². The van der Waals surface area contributed by atoms with Crippen LogP contribution in [-0.4, -0.2) is 79.9 Å². The monoisotopic (exact) mass is 283 g/mol. The van der Waals surface area contributed by atoms with E-state index in [1.165, 1.54) is 0 Å². The van der Waals surface area contributed by atoms with E-state index in [2.05, 4.69) is 4.90 Å². The Morgan fingerprint density at radius 1 is 1.10 bits per heavy atom. The number of hydrogen-bond donors (Lipinski definition) is 1. The number of rotatable bonds is 2. The number of likely N-dealkylation sites (tertiary alicyclic amines) is 2. The Bertz CT molecular complexity index is 339. The van der Waals surface area contributed by atoms with Gasteiger partial charge in [0.2, 0.25) is 0 Å². The lowest BCUT2D eigenvalue weighted by atomic mass is 10.0. The van der Waals surface area contributed by atoms with Gasteiger partial charge in [-0.05, 0) is 32.4 Å². The minimum Gasteiger partial charge on any atom is -0.376 e. The minimum absolute atomic E-state index is 0.0981. The van der Waals surface area contributed by atoms with Crippen molar-refractivity contribution >= 4 is 5.91 Å². The maximum atomic E-state index is 12.4. The van der Waals surface area contributed by atoms with Gasteiger partial charge in [0.15, 0.2) is 6.10 Å². The predicted octanol–water partition coefficient (Wildman–Crippen LogP) is -0.574. The fraction of sp³-hybridized carbons (Fsp3) is 0.929. The van der Waals surface area contributed by atoms with Gasteiger partial charge in [-0.25, -0.2) is 0 Å². The Labute approximate surface area is 120 Å². The second-order valence-electron chi connectivity index (χ2n) is 6.03. The van der Waals surface area contributed by atoms with E-state index in [9.17, 15) is 4.79 Å². The number of carbonyl (C=O) groups excluding carboxylic acids is 1. The molecule has 0 aliphatic carbocycles. The van der Waals surface area contributed by atoms with Crippen molar-refractivity contribution < 1.29 is 14.3 Å². The van der Waals surface area contributed by atoms with E-state index in [4.69, 9.17) is 15.2 Å². The molecule has 0 aromatic heterocycles. The van der Waals surface area contributed by atoms with E-state index in [1.54, 1.807) is 0 Å². The zero-order chi connectivity index (χ0) is 13.9. The molecule has 2 unspecified atom stereocenters. The molecule has 3 fully saturated rings. The van der Waals surface area contributed by atoms with Gasteiger partial charge in [-0.3, -0.25) is 9.69 Å². The molecule has 2 N–H and O–H groups in total. The van der Waals surface area contributed by atoms with E-state index >= 15 is 0 Å². The Balaban J connectivity index is 1.50. The van der Waals surface area contributed by atoms with Crippen molar-refractivity contribution in [3.8, 4) is 0 Å². The van der Waals surface area contributed by atoms with Gasteiger partial charge in [0.1, 0.15) is 0 Å². The quantitative estimate of drug-likeness (QED) is 0.735. The predicted molar refractivity (Wildman–Crippen MR) is 74.3 cm³/mol. The second-order valence-corrected chi connectivity index (χ2v) is 6.03. The smallest absolute Gasteiger partial charge is 0.254 e. The van der Waals surface area contributed by atoms with Crippen LogP contribution < -0.4 is 5.73 Å². The first kappa shape index (κ1) is 14.3. The van der Waals surface area contributed by atoms with Gasteiger partial charge < -0.3 is 20.1 Å². The number of nitrogens with two attached hydrogens (primary N) is 1. The Hall–Kier alpha value is -0.690. The first-order valence-electron chi connectivity index (χ1n) is 7.72. The molecule has 20 heavy (non-hydrogen) atoms. The zero-order valence-corrected chi connectivity index (χ0v) is 12.0. The molecule has 0 bridgehead atoms. The Morgan fingerprint density at radius 2 is 1.90 bits per heavy atom. The number of carbonyl (C=O) groups is 1. The molecule has 0 aromatic carbocycles. The summed E-state index contributed by atoms with van der Waals surface area (Å²) in [4.78, 5) is 16.8. The number of hydrogen-bond acceptors (Lipinski definition) is 5. The summed E-state index contributed by atoms with van der Waals surface area (Å²) in [5, 5.41) is 0. The summed E-state index contributed by atoms with van der Waals surface area (Å²) < 4.78 is 10.8. The Morgan fingerprint density at radius 3 is 2.60 bits per heavy atom. The first-order chi connectivity index (χ1) is 9.74. The van der Waals surface area contributed by atoms with Crippen molar-refractivity contribution in [2.75, 3.05) is 46.0 Å². The van der Waals surface area contributed by atoms with Gasteiger partial charge >= 0.3 is 0 Å². The van der Waals surface area contributed by atoms with Gasteiger partial charge in [0, 0.05) is 25.2 Å². The van der Waals surface area contributed by atoms with Crippen molar-refractivity contribution in [2.45, 2.75) is 37.5 Å². The SMILES string of the molecule is NC1CCN(C2CCN(C(=O)C3COCCO3)C2)CC1. The molecule has 3 saturated heterocycles. The van der Waals surface area contributed by atoms with Crippen LogP contribution in [0.2, 0.25) is 0 Å². The average Bonchev–Trinajstić information content (AvgIpc) is 2.98. The van der Waals surface area contributed by atoms with Crippen LogP contribution in [0.3, 0.4) is 0 Å². The molecule has 0 radical (unpaired) electrons. The maximum Gasteiger partial charge on any atom is 0.254 e. The highest BCUT2D eigenvalue weighted by molar-refractivity contribution is 5.81.